The van der Waals surface area contributed by atoms with Gasteiger partial charge in [0.25, 0.3) is 0 Å². The summed E-state index contributed by atoms with van der Waals surface area (Å²) in [6.07, 6.45) is 0.942. The summed E-state index contributed by atoms with van der Waals surface area (Å²) in [5, 5.41) is 12.1. The third-order valence-electron chi connectivity index (χ3n) is 3.25. The molecular formula is C13H15F2NO4. The second-order valence-electron chi connectivity index (χ2n) is 4.49. The molecule has 0 amide bonds. The van der Waals surface area contributed by atoms with E-state index in [9.17, 15) is 18.7 Å². The van der Waals surface area contributed by atoms with Gasteiger partial charge in [-0.05, 0) is 17.2 Å². The van der Waals surface area contributed by atoms with Gasteiger partial charge in [0.05, 0.1) is 20.4 Å². The lowest BCUT2D eigenvalue weighted by molar-refractivity contribution is -0.142. The van der Waals surface area contributed by atoms with Crippen LogP contribution in [0.4, 0.5) is 8.78 Å². The normalized spacial score (nSPS) is 27.9. The quantitative estimate of drug-likeness (QED) is 0.808. The number of carbonyl (C=O) groups is 1. The molecule has 0 aromatic rings. The summed E-state index contributed by atoms with van der Waals surface area (Å²) < 4.78 is 37.3. The van der Waals surface area contributed by atoms with Crippen molar-refractivity contribution >= 4 is 5.97 Å². The minimum atomic E-state index is -1.08. The third-order valence-corrected chi connectivity index (χ3v) is 3.25. The maximum absolute atomic E-state index is 13.8. The standard InChI is InChI=1S/C13H15F2NO4/c1-19-12-10(14)2-7(3-11(12)15)8-4-16-6-20-5-9(8)13(17)18/h2,9,16H,3-6H2,1H3,(H,17,18)/b8-7-/t9-/m1/s1. The van der Waals surface area contributed by atoms with Gasteiger partial charge in [0.1, 0.15) is 11.7 Å². The van der Waals surface area contributed by atoms with Gasteiger partial charge in [0.15, 0.2) is 11.6 Å². The fourth-order valence-electron chi connectivity index (χ4n) is 2.28. The number of ether oxygens (including phenoxy) is 2. The van der Waals surface area contributed by atoms with Gasteiger partial charge in [-0.25, -0.2) is 8.78 Å². The second-order valence-corrected chi connectivity index (χ2v) is 4.49. The Labute approximate surface area is 114 Å². The molecule has 0 spiro atoms. The molecule has 0 radical (unpaired) electrons. The molecule has 1 aliphatic heterocycles. The first-order valence-corrected chi connectivity index (χ1v) is 6.08. The molecule has 7 heteroatoms. The van der Waals surface area contributed by atoms with E-state index in [1.807, 2.05) is 0 Å². The largest absolute Gasteiger partial charge is 0.491 e. The van der Waals surface area contributed by atoms with Crippen LogP contribution >= 0.6 is 0 Å². The Bertz CT molecular complexity index is 511. The molecule has 2 N–H and O–H groups in total. The summed E-state index contributed by atoms with van der Waals surface area (Å²) in [7, 11) is 1.18. The van der Waals surface area contributed by atoms with Crippen LogP contribution in [0.25, 0.3) is 0 Å². The van der Waals surface area contributed by atoms with Crippen molar-refractivity contribution in [2.24, 2.45) is 5.92 Å². The van der Waals surface area contributed by atoms with Gasteiger partial charge in [-0.15, -0.1) is 0 Å². The Morgan fingerprint density at radius 1 is 1.55 bits per heavy atom. The van der Waals surface area contributed by atoms with Crippen LogP contribution in [0.2, 0.25) is 0 Å². The lowest BCUT2D eigenvalue weighted by atomic mass is 9.90. The van der Waals surface area contributed by atoms with Crippen LogP contribution in [-0.2, 0) is 14.3 Å². The van der Waals surface area contributed by atoms with E-state index < -0.39 is 29.3 Å². The first kappa shape index (κ1) is 14.7. The number of allylic oxidation sites excluding steroid dienone is 4. The molecule has 2 aliphatic rings. The van der Waals surface area contributed by atoms with Gasteiger partial charge in [-0.2, -0.15) is 0 Å². The monoisotopic (exact) mass is 287 g/mol. The lowest BCUT2D eigenvalue weighted by Crippen LogP contribution is -2.24. The van der Waals surface area contributed by atoms with E-state index in [1.165, 1.54) is 7.11 Å². The van der Waals surface area contributed by atoms with E-state index in [0.717, 1.165) is 6.08 Å². The Morgan fingerprint density at radius 3 is 2.90 bits per heavy atom. The zero-order valence-corrected chi connectivity index (χ0v) is 10.9. The fourth-order valence-corrected chi connectivity index (χ4v) is 2.28. The van der Waals surface area contributed by atoms with Crippen LogP contribution in [0.15, 0.2) is 34.6 Å². The lowest BCUT2D eigenvalue weighted by Gasteiger charge is -2.19. The molecule has 110 valence electrons. The average molecular weight is 287 g/mol. The Morgan fingerprint density at radius 2 is 2.30 bits per heavy atom. The van der Waals surface area contributed by atoms with Crippen LogP contribution < -0.4 is 5.32 Å². The minimum absolute atomic E-state index is 0.0287. The van der Waals surface area contributed by atoms with E-state index in [4.69, 9.17) is 4.74 Å². The van der Waals surface area contributed by atoms with Crippen LogP contribution in [0.3, 0.4) is 0 Å². The van der Waals surface area contributed by atoms with Gasteiger partial charge >= 0.3 is 5.97 Å². The molecule has 1 aliphatic carbocycles. The van der Waals surface area contributed by atoms with Crippen LogP contribution in [0, 0.1) is 5.92 Å². The number of rotatable bonds is 2. The molecule has 1 atom stereocenters. The van der Waals surface area contributed by atoms with E-state index in [1.54, 1.807) is 0 Å². The highest BCUT2D eigenvalue weighted by atomic mass is 19.1. The van der Waals surface area contributed by atoms with Crippen molar-refractivity contribution in [1.82, 2.24) is 5.32 Å². The highest BCUT2D eigenvalue weighted by Gasteiger charge is 2.30. The summed E-state index contributed by atoms with van der Waals surface area (Å²) in [6, 6.07) is 0. The number of nitrogens with one attached hydrogen (secondary N) is 1. The summed E-state index contributed by atoms with van der Waals surface area (Å²) in [5.74, 6) is -4.01. The number of aliphatic carboxylic acids is 1. The predicted molar refractivity (Wildman–Crippen MR) is 65.9 cm³/mol. The van der Waals surface area contributed by atoms with E-state index in [0.29, 0.717) is 11.1 Å². The van der Waals surface area contributed by atoms with Gasteiger partial charge in [-0.3, -0.25) is 10.1 Å². The van der Waals surface area contributed by atoms with E-state index in [2.05, 4.69) is 10.1 Å². The molecule has 1 heterocycles. The molecule has 2 rings (SSSR count). The fraction of sp³-hybridized carbons (Fsp3) is 0.462. The zero-order chi connectivity index (χ0) is 14.7. The topological polar surface area (TPSA) is 67.8 Å². The highest BCUT2D eigenvalue weighted by molar-refractivity contribution is 5.74. The highest BCUT2D eigenvalue weighted by Crippen LogP contribution is 2.34. The third kappa shape index (κ3) is 2.88. The van der Waals surface area contributed by atoms with Gasteiger partial charge < -0.3 is 14.6 Å². The van der Waals surface area contributed by atoms with Gasteiger partial charge in [-0.1, -0.05) is 0 Å². The average Bonchev–Trinajstić information content (AvgIpc) is 2.63. The number of hydrogen-bond donors (Lipinski definition) is 2. The van der Waals surface area contributed by atoms with Crippen molar-refractivity contribution in [2.75, 3.05) is 27.0 Å². The Balaban J connectivity index is 2.40. The van der Waals surface area contributed by atoms with Crippen molar-refractivity contribution in [3.05, 3.63) is 34.6 Å². The number of carboxylic acids is 1. The molecule has 1 saturated heterocycles. The van der Waals surface area contributed by atoms with Crippen molar-refractivity contribution in [3.8, 4) is 0 Å². The van der Waals surface area contributed by atoms with Crippen molar-refractivity contribution in [3.63, 3.8) is 0 Å². The molecule has 0 bridgehead atoms. The van der Waals surface area contributed by atoms with E-state index >= 15 is 0 Å². The zero-order valence-electron chi connectivity index (χ0n) is 10.9. The smallest absolute Gasteiger partial charge is 0.313 e. The SMILES string of the molecule is COC1=C(F)C/C(=C2/CNCOC[C@H]2C(=O)O)C=C1F. The second kappa shape index (κ2) is 6.15. The number of hydrogen-bond acceptors (Lipinski definition) is 4. The molecule has 0 aromatic carbocycles. The van der Waals surface area contributed by atoms with Crippen LogP contribution in [0.5, 0.6) is 0 Å². The summed E-state index contributed by atoms with van der Waals surface area (Å²) >= 11 is 0. The molecule has 20 heavy (non-hydrogen) atoms. The van der Waals surface area contributed by atoms with Crippen molar-refractivity contribution in [2.45, 2.75) is 6.42 Å². The summed E-state index contributed by atoms with van der Waals surface area (Å²) in [5.41, 5.74) is 0.738. The first-order valence-electron chi connectivity index (χ1n) is 6.08. The molecule has 0 unspecified atom stereocenters. The van der Waals surface area contributed by atoms with Gasteiger partial charge in [0, 0.05) is 13.0 Å². The molecule has 0 saturated carbocycles. The molecule has 1 fully saturated rings. The van der Waals surface area contributed by atoms with E-state index in [-0.39, 0.29) is 26.3 Å². The summed E-state index contributed by atoms with van der Waals surface area (Å²) in [6.45, 7) is 0.388. The Kier molecular flexibility index (Phi) is 4.51. The molecule has 0 aromatic heterocycles. The maximum atomic E-state index is 13.8. The van der Waals surface area contributed by atoms with Crippen LogP contribution in [0.1, 0.15) is 6.42 Å². The first-order chi connectivity index (χ1) is 9.54. The maximum Gasteiger partial charge on any atom is 0.313 e. The molecule has 5 nitrogen and oxygen atoms in total. The number of methoxy groups -OCH3 is 1. The predicted octanol–water partition coefficient (Wildman–Crippen LogP) is 1.65. The Hall–Kier alpha value is -1.73. The van der Waals surface area contributed by atoms with Gasteiger partial charge in [0.2, 0.25) is 0 Å². The number of carboxylic acid groups (broad SMARTS) is 1. The number of halogens is 2. The van der Waals surface area contributed by atoms with Crippen molar-refractivity contribution < 1.29 is 28.2 Å². The summed E-state index contributed by atoms with van der Waals surface area (Å²) in [4.78, 5) is 11.3. The minimum Gasteiger partial charge on any atom is -0.491 e. The molecular weight excluding hydrogens is 272 g/mol. The van der Waals surface area contributed by atoms with Crippen molar-refractivity contribution in [1.29, 1.82) is 0 Å². The van der Waals surface area contributed by atoms with Crippen LogP contribution in [-0.4, -0.2) is 38.1 Å².